The van der Waals surface area contributed by atoms with Crippen molar-refractivity contribution < 1.29 is 13.9 Å². The number of carbonyl (C=O) groups is 1. The Labute approximate surface area is 158 Å². The topological polar surface area (TPSA) is 50.5 Å². The van der Waals surface area contributed by atoms with Crippen molar-refractivity contribution in [1.29, 1.82) is 0 Å². The lowest BCUT2D eigenvalue weighted by Crippen LogP contribution is -2.45. The predicted molar refractivity (Wildman–Crippen MR) is 99.3 cm³/mol. The first-order valence-corrected chi connectivity index (χ1v) is 9.48. The largest absolute Gasteiger partial charge is 0.619 e. The molecule has 2 saturated heterocycles. The van der Waals surface area contributed by atoms with Gasteiger partial charge in [-0.25, -0.2) is 4.39 Å². The Kier molecular flexibility index (Phi) is 4.83. The minimum absolute atomic E-state index is 0.0623. The number of nitrogens with zero attached hydrogens (tertiary/aromatic N) is 3. The summed E-state index contributed by atoms with van der Waals surface area (Å²) in [6, 6.07) is 10.0. The second-order valence-corrected chi connectivity index (χ2v) is 7.87. The summed E-state index contributed by atoms with van der Waals surface area (Å²) in [5, 5.41) is 11.5. The van der Waals surface area contributed by atoms with Gasteiger partial charge in [0.2, 0.25) is 0 Å². The number of piperidine rings is 1. The van der Waals surface area contributed by atoms with E-state index in [2.05, 4.69) is 4.90 Å². The van der Waals surface area contributed by atoms with E-state index in [0.717, 1.165) is 57.5 Å². The lowest BCUT2D eigenvalue weighted by atomic mass is 9.79. The molecule has 27 heavy (non-hydrogen) atoms. The summed E-state index contributed by atoms with van der Waals surface area (Å²) in [6.45, 7) is 4.26. The van der Waals surface area contributed by atoms with E-state index in [4.69, 9.17) is 0 Å². The molecule has 2 aromatic rings. The SMILES string of the molecule is O=C(c1ccc[n+]([O-])c1)N1CCC2(CCCN(Cc3ccc(F)cc3)C2)C1. The molecule has 1 atom stereocenters. The summed E-state index contributed by atoms with van der Waals surface area (Å²) < 4.78 is 13.8. The number of pyridine rings is 1. The van der Waals surface area contributed by atoms with Gasteiger partial charge < -0.3 is 10.1 Å². The summed E-state index contributed by atoms with van der Waals surface area (Å²) in [4.78, 5) is 17.1. The minimum Gasteiger partial charge on any atom is -0.619 e. The summed E-state index contributed by atoms with van der Waals surface area (Å²) in [5.74, 6) is -0.271. The third-order valence-corrected chi connectivity index (χ3v) is 5.81. The quantitative estimate of drug-likeness (QED) is 0.617. The zero-order valence-corrected chi connectivity index (χ0v) is 15.3. The van der Waals surface area contributed by atoms with E-state index in [1.54, 1.807) is 12.1 Å². The first-order chi connectivity index (χ1) is 13.0. The smallest absolute Gasteiger partial charge is 0.259 e. The van der Waals surface area contributed by atoms with Crippen LogP contribution in [-0.4, -0.2) is 41.9 Å². The number of aromatic nitrogens is 1. The average Bonchev–Trinajstić information content (AvgIpc) is 3.06. The fourth-order valence-electron chi connectivity index (χ4n) is 4.50. The molecule has 0 N–H and O–H groups in total. The number of likely N-dealkylation sites (tertiary alicyclic amines) is 2. The van der Waals surface area contributed by atoms with Crippen LogP contribution in [0.5, 0.6) is 0 Å². The Hall–Kier alpha value is -2.47. The molecule has 142 valence electrons. The molecular formula is C21H24FN3O2. The second kappa shape index (κ2) is 7.27. The van der Waals surface area contributed by atoms with Crippen molar-refractivity contribution in [2.24, 2.45) is 5.41 Å². The molecule has 0 radical (unpaired) electrons. The molecule has 2 aliphatic heterocycles. The average molecular weight is 369 g/mol. The Morgan fingerprint density at radius 1 is 1.15 bits per heavy atom. The van der Waals surface area contributed by atoms with E-state index >= 15 is 0 Å². The Bertz CT molecular complexity index is 826. The lowest BCUT2D eigenvalue weighted by molar-refractivity contribution is -0.605. The Morgan fingerprint density at radius 3 is 2.74 bits per heavy atom. The Morgan fingerprint density at radius 2 is 1.96 bits per heavy atom. The van der Waals surface area contributed by atoms with Gasteiger partial charge >= 0.3 is 0 Å². The molecule has 3 heterocycles. The van der Waals surface area contributed by atoms with Crippen LogP contribution in [0, 0.1) is 16.4 Å². The maximum atomic E-state index is 13.1. The van der Waals surface area contributed by atoms with Crippen molar-refractivity contribution in [2.45, 2.75) is 25.8 Å². The highest BCUT2D eigenvalue weighted by atomic mass is 19.1. The third-order valence-electron chi connectivity index (χ3n) is 5.81. The van der Waals surface area contributed by atoms with Gasteiger partial charge in [-0.3, -0.25) is 9.69 Å². The monoisotopic (exact) mass is 369 g/mol. The first-order valence-electron chi connectivity index (χ1n) is 9.48. The van der Waals surface area contributed by atoms with Gasteiger partial charge in [-0.05, 0) is 49.6 Å². The van der Waals surface area contributed by atoms with Gasteiger partial charge in [0, 0.05) is 37.7 Å². The first kappa shape index (κ1) is 17.9. The van der Waals surface area contributed by atoms with Gasteiger partial charge in [0.1, 0.15) is 11.4 Å². The van der Waals surface area contributed by atoms with E-state index in [9.17, 15) is 14.4 Å². The maximum absolute atomic E-state index is 13.1. The number of carbonyl (C=O) groups excluding carboxylic acids is 1. The van der Waals surface area contributed by atoms with Gasteiger partial charge in [-0.15, -0.1) is 0 Å². The maximum Gasteiger partial charge on any atom is 0.259 e. The number of hydrogen-bond acceptors (Lipinski definition) is 3. The Balaban J connectivity index is 1.41. The van der Waals surface area contributed by atoms with Crippen LogP contribution in [0.15, 0.2) is 48.8 Å². The van der Waals surface area contributed by atoms with Crippen molar-refractivity contribution in [2.75, 3.05) is 26.2 Å². The molecule has 6 heteroatoms. The summed E-state index contributed by atoms with van der Waals surface area (Å²) in [5.41, 5.74) is 1.68. The zero-order valence-electron chi connectivity index (χ0n) is 15.3. The number of rotatable bonds is 3. The van der Waals surface area contributed by atoms with Crippen molar-refractivity contribution in [1.82, 2.24) is 9.80 Å². The van der Waals surface area contributed by atoms with Gasteiger partial charge in [0.25, 0.3) is 5.91 Å². The number of hydrogen-bond donors (Lipinski definition) is 0. The lowest BCUT2D eigenvalue weighted by Gasteiger charge is -2.40. The number of amides is 1. The standard InChI is InChI=1S/C21H24FN3O2/c22-19-6-4-17(5-7-19)13-23-10-2-8-21(15-23)9-12-24(16-21)20(26)18-3-1-11-25(27)14-18/h1,3-7,11,14H,2,8-10,12-13,15-16H2. The highest BCUT2D eigenvalue weighted by molar-refractivity contribution is 5.93. The molecule has 0 saturated carbocycles. The summed E-state index contributed by atoms with van der Waals surface area (Å²) in [7, 11) is 0. The molecule has 2 aliphatic rings. The predicted octanol–water partition coefficient (Wildman–Crippen LogP) is 2.59. The molecule has 5 nitrogen and oxygen atoms in total. The van der Waals surface area contributed by atoms with E-state index < -0.39 is 0 Å². The van der Waals surface area contributed by atoms with Crippen LogP contribution in [0.25, 0.3) is 0 Å². The van der Waals surface area contributed by atoms with Crippen LogP contribution in [0.3, 0.4) is 0 Å². The molecule has 1 amide bonds. The van der Waals surface area contributed by atoms with Crippen LogP contribution in [0.1, 0.15) is 35.2 Å². The van der Waals surface area contributed by atoms with Crippen LogP contribution in [0.2, 0.25) is 0 Å². The molecular weight excluding hydrogens is 345 g/mol. The molecule has 0 aliphatic carbocycles. The molecule has 0 bridgehead atoms. The summed E-state index contributed by atoms with van der Waals surface area (Å²) in [6.07, 6.45) is 5.94. The number of benzene rings is 1. The summed E-state index contributed by atoms with van der Waals surface area (Å²) >= 11 is 0. The van der Waals surface area contributed by atoms with Crippen LogP contribution >= 0.6 is 0 Å². The van der Waals surface area contributed by atoms with Crippen LogP contribution in [0.4, 0.5) is 4.39 Å². The molecule has 1 spiro atoms. The normalized spacial score (nSPS) is 23.1. The highest BCUT2D eigenvalue weighted by Gasteiger charge is 2.43. The molecule has 1 aromatic carbocycles. The molecule has 4 rings (SSSR count). The van der Waals surface area contributed by atoms with Gasteiger partial charge in [0.05, 0.1) is 0 Å². The van der Waals surface area contributed by atoms with E-state index in [1.165, 1.54) is 24.5 Å². The fourth-order valence-corrected chi connectivity index (χ4v) is 4.50. The highest BCUT2D eigenvalue weighted by Crippen LogP contribution is 2.39. The van der Waals surface area contributed by atoms with Gasteiger partial charge in [-0.1, -0.05) is 12.1 Å². The molecule has 1 aromatic heterocycles. The number of halogens is 1. The molecule has 1 unspecified atom stereocenters. The van der Waals surface area contributed by atoms with Crippen molar-refractivity contribution in [3.8, 4) is 0 Å². The third kappa shape index (κ3) is 3.95. The minimum atomic E-state index is -0.209. The second-order valence-electron chi connectivity index (χ2n) is 7.87. The van der Waals surface area contributed by atoms with Crippen molar-refractivity contribution in [3.63, 3.8) is 0 Å². The van der Waals surface area contributed by atoms with Gasteiger partial charge in [0.15, 0.2) is 12.4 Å². The van der Waals surface area contributed by atoms with E-state index in [-0.39, 0.29) is 17.1 Å². The zero-order chi connectivity index (χ0) is 18.9. The van der Waals surface area contributed by atoms with E-state index in [1.807, 2.05) is 17.0 Å². The van der Waals surface area contributed by atoms with Crippen LogP contribution in [-0.2, 0) is 6.54 Å². The fraction of sp³-hybridized carbons (Fsp3) is 0.429. The van der Waals surface area contributed by atoms with Crippen LogP contribution < -0.4 is 4.73 Å². The van der Waals surface area contributed by atoms with Crippen molar-refractivity contribution in [3.05, 3.63) is 70.9 Å². The van der Waals surface area contributed by atoms with Crippen molar-refractivity contribution >= 4 is 5.91 Å². The molecule has 2 fully saturated rings. The van der Waals surface area contributed by atoms with E-state index in [0.29, 0.717) is 10.3 Å². The van der Waals surface area contributed by atoms with Gasteiger partial charge in [-0.2, -0.15) is 4.73 Å².